The summed E-state index contributed by atoms with van der Waals surface area (Å²) in [5.74, 6) is 1.24. The molecular formula is C31H48N8O3. The molecule has 230 valence electrons. The Morgan fingerprint density at radius 3 is 2.52 bits per heavy atom. The Bertz CT molecular complexity index is 1270. The van der Waals surface area contributed by atoms with Crippen molar-refractivity contribution in [2.24, 2.45) is 5.73 Å². The van der Waals surface area contributed by atoms with Gasteiger partial charge in [0.05, 0.1) is 38.4 Å². The lowest BCUT2D eigenvalue weighted by Gasteiger charge is -2.35. The third-order valence-electron chi connectivity index (χ3n) is 7.67. The van der Waals surface area contributed by atoms with E-state index in [2.05, 4.69) is 63.0 Å². The molecule has 2 aromatic heterocycles. The maximum absolute atomic E-state index is 12.6. The van der Waals surface area contributed by atoms with Gasteiger partial charge in [0.25, 0.3) is 0 Å². The molecule has 3 aromatic rings. The molecule has 1 aromatic carbocycles. The molecule has 0 atom stereocenters. The first kappa shape index (κ1) is 31.7. The van der Waals surface area contributed by atoms with Gasteiger partial charge in [0.1, 0.15) is 5.52 Å². The molecule has 4 rings (SSSR count). The summed E-state index contributed by atoms with van der Waals surface area (Å²) in [6, 6.07) is 8.74. The normalized spacial score (nSPS) is 14.1. The number of anilines is 2. The van der Waals surface area contributed by atoms with E-state index < -0.39 is 0 Å². The molecule has 0 aliphatic carbocycles. The molecule has 1 amide bonds. The molecule has 42 heavy (non-hydrogen) atoms. The number of carbonyl (C=O) groups excluding carboxylic acids is 1. The standard InChI is InChI=1S/C31H48N8O3/c1-3-4-5-11-34-30-29-27(35-31(33)36-30)8-12-39(29)23-26-7-6-25(21-24(26)2)22-37-13-15-38(16-14-37)28(40)9-17-41-19-20-42-18-10-32/h6-8,12,21H,3-5,9-11,13-20,22-23,32H2,1-2H3,(H3,33,34,35,36). The maximum atomic E-state index is 12.6. The number of piperazine rings is 1. The summed E-state index contributed by atoms with van der Waals surface area (Å²) in [6.07, 6.45) is 5.92. The molecule has 11 nitrogen and oxygen atoms in total. The summed E-state index contributed by atoms with van der Waals surface area (Å²) in [5, 5.41) is 3.48. The van der Waals surface area contributed by atoms with Crippen LogP contribution in [0.2, 0.25) is 0 Å². The van der Waals surface area contributed by atoms with Gasteiger partial charge in [-0.3, -0.25) is 9.69 Å². The number of aryl methyl sites for hydroxylation is 1. The van der Waals surface area contributed by atoms with Gasteiger partial charge in [0.2, 0.25) is 11.9 Å². The van der Waals surface area contributed by atoms with Gasteiger partial charge in [0, 0.05) is 58.6 Å². The average molecular weight is 581 g/mol. The van der Waals surface area contributed by atoms with Crippen LogP contribution in [-0.2, 0) is 27.4 Å². The van der Waals surface area contributed by atoms with Crippen molar-refractivity contribution in [3.63, 3.8) is 0 Å². The van der Waals surface area contributed by atoms with Gasteiger partial charge >= 0.3 is 0 Å². The van der Waals surface area contributed by atoms with Crippen molar-refractivity contribution in [3.8, 4) is 0 Å². The van der Waals surface area contributed by atoms with E-state index in [1.165, 1.54) is 29.5 Å². The molecule has 1 aliphatic rings. The van der Waals surface area contributed by atoms with E-state index in [0.29, 0.717) is 45.3 Å². The number of nitrogens with zero attached hydrogens (tertiary/aromatic N) is 5. The number of aromatic nitrogens is 3. The number of amides is 1. The minimum Gasteiger partial charge on any atom is -0.379 e. The van der Waals surface area contributed by atoms with Crippen LogP contribution < -0.4 is 16.8 Å². The lowest BCUT2D eigenvalue weighted by molar-refractivity contribution is -0.134. The highest BCUT2D eigenvalue weighted by Gasteiger charge is 2.21. The molecule has 11 heteroatoms. The number of hydrogen-bond acceptors (Lipinski definition) is 9. The summed E-state index contributed by atoms with van der Waals surface area (Å²) in [7, 11) is 0. The number of rotatable bonds is 17. The summed E-state index contributed by atoms with van der Waals surface area (Å²) in [5.41, 5.74) is 17.0. The number of carbonyl (C=O) groups is 1. The minimum atomic E-state index is 0.155. The zero-order valence-corrected chi connectivity index (χ0v) is 25.3. The van der Waals surface area contributed by atoms with Gasteiger partial charge in [-0.25, -0.2) is 4.98 Å². The van der Waals surface area contributed by atoms with Crippen molar-refractivity contribution in [2.45, 2.75) is 52.6 Å². The average Bonchev–Trinajstić information content (AvgIpc) is 3.38. The number of hydrogen-bond donors (Lipinski definition) is 3. The number of benzene rings is 1. The predicted molar refractivity (Wildman–Crippen MR) is 167 cm³/mol. The first-order valence-corrected chi connectivity index (χ1v) is 15.3. The van der Waals surface area contributed by atoms with E-state index in [1.807, 2.05) is 11.0 Å². The van der Waals surface area contributed by atoms with Crippen molar-refractivity contribution in [3.05, 3.63) is 47.2 Å². The van der Waals surface area contributed by atoms with Gasteiger partial charge in [-0.2, -0.15) is 4.98 Å². The predicted octanol–water partition coefficient (Wildman–Crippen LogP) is 3.00. The van der Waals surface area contributed by atoms with Crippen LogP contribution in [0, 0.1) is 6.92 Å². The van der Waals surface area contributed by atoms with Crippen LogP contribution in [0.15, 0.2) is 30.5 Å². The number of fused-ring (bicyclic) bond motifs is 1. The number of nitrogens with two attached hydrogens (primary N) is 2. The lowest BCUT2D eigenvalue weighted by Crippen LogP contribution is -2.48. The van der Waals surface area contributed by atoms with Crippen molar-refractivity contribution in [2.75, 3.05) is 76.7 Å². The van der Waals surface area contributed by atoms with Crippen LogP contribution in [0.25, 0.3) is 11.0 Å². The zero-order valence-electron chi connectivity index (χ0n) is 25.3. The number of ether oxygens (including phenoxy) is 2. The smallest absolute Gasteiger partial charge is 0.224 e. The molecule has 1 fully saturated rings. The van der Waals surface area contributed by atoms with Crippen LogP contribution in [-0.4, -0.2) is 95.9 Å². The Balaban J connectivity index is 1.27. The van der Waals surface area contributed by atoms with Crippen LogP contribution in [0.5, 0.6) is 0 Å². The number of nitrogen functional groups attached to an aromatic ring is 1. The molecule has 3 heterocycles. The van der Waals surface area contributed by atoms with Crippen molar-refractivity contribution in [1.29, 1.82) is 0 Å². The van der Waals surface area contributed by atoms with E-state index in [0.717, 1.165) is 69.1 Å². The molecule has 0 spiro atoms. The van der Waals surface area contributed by atoms with E-state index in [9.17, 15) is 4.79 Å². The molecule has 1 saturated heterocycles. The van der Waals surface area contributed by atoms with Gasteiger partial charge in [-0.15, -0.1) is 0 Å². The topological polar surface area (TPSA) is 137 Å². The van der Waals surface area contributed by atoms with E-state index >= 15 is 0 Å². The fourth-order valence-electron chi connectivity index (χ4n) is 5.32. The number of nitrogens with one attached hydrogen (secondary N) is 1. The number of unbranched alkanes of at least 4 members (excludes halogenated alkanes) is 2. The first-order chi connectivity index (χ1) is 20.5. The first-order valence-electron chi connectivity index (χ1n) is 15.3. The van der Waals surface area contributed by atoms with Crippen molar-refractivity contribution < 1.29 is 14.3 Å². The monoisotopic (exact) mass is 580 g/mol. The summed E-state index contributed by atoms with van der Waals surface area (Å²) in [4.78, 5) is 25.9. The second-order valence-corrected chi connectivity index (χ2v) is 10.9. The fourth-order valence-corrected chi connectivity index (χ4v) is 5.32. The molecule has 0 bridgehead atoms. The minimum absolute atomic E-state index is 0.155. The fraction of sp³-hybridized carbons (Fsp3) is 0.581. The molecule has 0 unspecified atom stereocenters. The van der Waals surface area contributed by atoms with Crippen LogP contribution in [0.1, 0.15) is 49.3 Å². The second kappa shape index (κ2) is 16.4. The summed E-state index contributed by atoms with van der Waals surface area (Å²) in [6.45, 7) is 12.5. The van der Waals surface area contributed by atoms with Gasteiger partial charge < -0.3 is 35.7 Å². The highest BCUT2D eigenvalue weighted by molar-refractivity contribution is 5.87. The highest BCUT2D eigenvalue weighted by atomic mass is 16.5. The van der Waals surface area contributed by atoms with Gasteiger partial charge in [-0.05, 0) is 36.1 Å². The Hall–Kier alpha value is -3.25. The molecule has 5 N–H and O–H groups in total. The third kappa shape index (κ3) is 9.12. The van der Waals surface area contributed by atoms with Crippen LogP contribution >= 0.6 is 0 Å². The summed E-state index contributed by atoms with van der Waals surface area (Å²) < 4.78 is 13.0. The Morgan fingerprint density at radius 1 is 1.00 bits per heavy atom. The Morgan fingerprint density at radius 2 is 1.79 bits per heavy atom. The zero-order chi connectivity index (χ0) is 29.7. The highest BCUT2D eigenvalue weighted by Crippen LogP contribution is 2.25. The Labute approximate surface area is 249 Å². The van der Waals surface area contributed by atoms with E-state index in [4.69, 9.17) is 20.9 Å². The molecular weight excluding hydrogens is 532 g/mol. The summed E-state index contributed by atoms with van der Waals surface area (Å²) >= 11 is 0. The van der Waals surface area contributed by atoms with Crippen molar-refractivity contribution >= 4 is 28.7 Å². The van der Waals surface area contributed by atoms with E-state index in [1.54, 1.807) is 0 Å². The Kier molecular flexibility index (Phi) is 12.4. The lowest BCUT2D eigenvalue weighted by atomic mass is 10.0. The van der Waals surface area contributed by atoms with Gasteiger partial charge in [0.15, 0.2) is 5.82 Å². The largest absolute Gasteiger partial charge is 0.379 e. The van der Waals surface area contributed by atoms with Gasteiger partial charge in [-0.1, -0.05) is 38.0 Å². The molecule has 0 saturated carbocycles. The van der Waals surface area contributed by atoms with E-state index in [-0.39, 0.29) is 5.91 Å². The van der Waals surface area contributed by atoms with Crippen LogP contribution in [0.4, 0.5) is 11.8 Å². The SMILES string of the molecule is CCCCCNc1nc(N)nc2ccn(Cc3ccc(CN4CCN(C(=O)CCOCCOCCN)CC4)cc3C)c12. The maximum Gasteiger partial charge on any atom is 0.224 e. The van der Waals surface area contributed by atoms with Crippen molar-refractivity contribution in [1.82, 2.24) is 24.3 Å². The molecule has 0 radical (unpaired) electrons. The molecule has 1 aliphatic heterocycles. The third-order valence-corrected chi connectivity index (χ3v) is 7.67. The second-order valence-electron chi connectivity index (χ2n) is 10.9. The quantitative estimate of drug-likeness (QED) is 0.206. The van der Waals surface area contributed by atoms with Crippen LogP contribution in [0.3, 0.4) is 0 Å².